The fourth-order valence-electron chi connectivity index (χ4n) is 5.87. The fourth-order valence-corrected chi connectivity index (χ4v) is 6.93. The molecule has 1 aliphatic heterocycles. The second kappa shape index (κ2) is 16.7. The molecule has 0 radical (unpaired) electrons. The van der Waals surface area contributed by atoms with Crippen molar-refractivity contribution in [2.45, 2.75) is 43.7 Å². The summed E-state index contributed by atoms with van der Waals surface area (Å²) in [6.07, 6.45) is -1.19. The Bertz CT molecular complexity index is 2080. The van der Waals surface area contributed by atoms with Gasteiger partial charge >= 0.3 is 6.03 Å². The number of aromatic hydroxyl groups is 1. The third-order valence-electron chi connectivity index (χ3n) is 8.83. The van der Waals surface area contributed by atoms with E-state index in [1.54, 1.807) is 53.2 Å². The summed E-state index contributed by atoms with van der Waals surface area (Å²) in [7, 11) is 0. The van der Waals surface area contributed by atoms with E-state index in [4.69, 9.17) is 14.2 Å². The van der Waals surface area contributed by atoms with Crippen LogP contribution in [0.4, 0.5) is 10.5 Å². The number of carbonyl (C=O) groups is 1. The number of phenolic OH excluding ortho intramolecular Hbond substituents is 1. The van der Waals surface area contributed by atoms with Crippen molar-refractivity contribution in [3.63, 3.8) is 0 Å². The van der Waals surface area contributed by atoms with Gasteiger partial charge in [-0.15, -0.1) is 5.10 Å². The van der Waals surface area contributed by atoms with Crippen LogP contribution in [0.5, 0.6) is 17.2 Å². The fraction of sp³-hybridized carbons (Fsp3) is 0.200. The number of carbonyl (C=O) groups excluding carboxylic acids is 1. The number of hydrogen-bond donors (Lipinski definition) is 4. The van der Waals surface area contributed by atoms with Gasteiger partial charge in [0.1, 0.15) is 17.2 Å². The highest BCUT2D eigenvalue weighted by Gasteiger charge is 2.38. The molecule has 4 N–H and O–H groups in total. The number of nitrogens with one attached hydrogen (secondary N) is 2. The molecule has 53 heavy (non-hydrogen) atoms. The summed E-state index contributed by atoms with van der Waals surface area (Å²) in [6, 6.07) is 38.6. The monoisotopic (exact) mass is 730 g/mol. The molecule has 1 aliphatic rings. The van der Waals surface area contributed by atoms with Crippen molar-refractivity contribution in [1.29, 1.82) is 0 Å². The van der Waals surface area contributed by atoms with Crippen molar-refractivity contribution in [1.82, 2.24) is 25.5 Å². The Morgan fingerprint density at radius 1 is 0.830 bits per heavy atom. The predicted molar refractivity (Wildman–Crippen MR) is 200 cm³/mol. The average molecular weight is 731 g/mol. The van der Waals surface area contributed by atoms with Crippen molar-refractivity contribution >= 4 is 23.5 Å². The number of aliphatic hydroxyl groups excluding tert-OH is 1. The van der Waals surface area contributed by atoms with E-state index in [1.807, 2.05) is 78.9 Å². The number of tetrazole rings is 1. The number of aliphatic hydroxyl groups is 1. The van der Waals surface area contributed by atoms with Crippen LogP contribution in [0, 0.1) is 5.92 Å². The maximum absolute atomic E-state index is 12.7. The second-order valence-electron chi connectivity index (χ2n) is 12.5. The van der Waals surface area contributed by atoms with Gasteiger partial charge < -0.3 is 35.1 Å². The maximum atomic E-state index is 12.7. The third-order valence-corrected chi connectivity index (χ3v) is 9.84. The molecule has 13 heteroatoms. The molecule has 4 atom stereocenters. The minimum Gasteiger partial charge on any atom is -0.508 e. The van der Waals surface area contributed by atoms with Gasteiger partial charge in [-0.1, -0.05) is 85.4 Å². The van der Waals surface area contributed by atoms with Crippen LogP contribution in [0.3, 0.4) is 0 Å². The summed E-state index contributed by atoms with van der Waals surface area (Å²) in [5.74, 6) is 2.08. The van der Waals surface area contributed by atoms with Crippen molar-refractivity contribution in [3.8, 4) is 22.9 Å². The molecule has 2 heterocycles. The van der Waals surface area contributed by atoms with Crippen molar-refractivity contribution < 1.29 is 29.2 Å². The summed E-state index contributed by atoms with van der Waals surface area (Å²) in [6.45, 7) is 2.38. The number of para-hydroxylation sites is 1. The number of phenols is 1. The largest absolute Gasteiger partial charge is 0.508 e. The van der Waals surface area contributed by atoms with E-state index >= 15 is 0 Å². The molecule has 7 rings (SSSR count). The van der Waals surface area contributed by atoms with E-state index < -0.39 is 6.29 Å². The van der Waals surface area contributed by atoms with Crippen LogP contribution in [0.15, 0.2) is 133 Å². The lowest BCUT2D eigenvalue weighted by molar-refractivity contribution is -0.268. The van der Waals surface area contributed by atoms with Crippen LogP contribution in [-0.2, 0) is 22.6 Å². The van der Waals surface area contributed by atoms with E-state index in [9.17, 15) is 15.0 Å². The van der Waals surface area contributed by atoms with Gasteiger partial charge in [0.25, 0.3) is 0 Å². The van der Waals surface area contributed by atoms with Gasteiger partial charge in [-0.25, -0.2) is 4.79 Å². The summed E-state index contributed by atoms with van der Waals surface area (Å²) in [4.78, 5) is 12.7. The Morgan fingerprint density at radius 2 is 1.51 bits per heavy atom. The molecule has 0 aliphatic carbocycles. The van der Waals surface area contributed by atoms with Crippen LogP contribution >= 0.6 is 11.8 Å². The van der Waals surface area contributed by atoms with E-state index in [2.05, 4.69) is 33.1 Å². The summed E-state index contributed by atoms with van der Waals surface area (Å²) < 4.78 is 20.7. The first-order valence-electron chi connectivity index (χ1n) is 17.1. The number of aromatic nitrogens is 4. The standard InChI is InChI=1S/C40H38N6O6S/c1-26-36(25-53-40-43-44-45-46(40)32-17-19-33(48)20-18-32)51-38(52-37(26)29-11-9-28(24-47)10-12-29)30-13-7-27(8-14-30)23-41-39(49)42-31-15-21-35(22-16-31)50-34-5-3-2-4-6-34/h2-22,26,36-38,47-48H,23-25H2,1H3,(H2,41,42,49)/t26-,36+,37+,38+/m0/s1. The Balaban J connectivity index is 0.992. The van der Waals surface area contributed by atoms with E-state index in [0.717, 1.165) is 33.7 Å². The van der Waals surface area contributed by atoms with Crippen LogP contribution < -0.4 is 15.4 Å². The topological polar surface area (TPSA) is 153 Å². The number of urea groups is 1. The zero-order chi connectivity index (χ0) is 36.6. The van der Waals surface area contributed by atoms with Crippen molar-refractivity contribution in [2.75, 3.05) is 11.1 Å². The minimum absolute atomic E-state index is 0.0358. The van der Waals surface area contributed by atoms with Crippen molar-refractivity contribution in [3.05, 3.63) is 150 Å². The van der Waals surface area contributed by atoms with Crippen LogP contribution in [0.2, 0.25) is 0 Å². The quantitative estimate of drug-likeness (QED) is 0.0929. The van der Waals surface area contributed by atoms with Gasteiger partial charge in [-0.2, -0.15) is 4.68 Å². The molecule has 1 fully saturated rings. The lowest BCUT2D eigenvalue weighted by atomic mass is 9.91. The van der Waals surface area contributed by atoms with Gasteiger partial charge in [0.2, 0.25) is 5.16 Å². The predicted octanol–water partition coefficient (Wildman–Crippen LogP) is 7.56. The molecule has 270 valence electrons. The first-order valence-corrected chi connectivity index (χ1v) is 18.1. The van der Waals surface area contributed by atoms with E-state index in [-0.39, 0.29) is 36.5 Å². The first kappa shape index (κ1) is 35.7. The van der Waals surface area contributed by atoms with Crippen molar-refractivity contribution in [2.24, 2.45) is 5.92 Å². The number of hydrogen-bond acceptors (Lipinski definition) is 10. The normalized spacial score (nSPS) is 18.3. The summed E-state index contributed by atoms with van der Waals surface area (Å²) >= 11 is 1.47. The lowest BCUT2D eigenvalue weighted by Crippen LogP contribution is -2.38. The zero-order valence-corrected chi connectivity index (χ0v) is 29.6. The van der Waals surface area contributed by atoms with Gasteiger partial charge in [-0.3, -0.25) is 0 Å². The molecule has 1 saturated heterocycles. The molecule has 0 unspecified atom stereocenters. The van der Waals surface area contributed by atoms with Crippen LogP contribution in [0.1, 0.15) is 41.6 Å². The molecule has 1 aromatic heterocycles. The zero-order valence-electron chi connectivity index (χ0n) is 28.8. The molecular formula is C40H38N6O6S. The molecule has 5 aromatic carbocycles. The Hall–Kier alpha value is -5.73. The highest BCUT2D eigenvalue weighted by Crippen LogP contribution is 2.43. The number of amides is 2. The molecule has 2 amide bonds. The number of thioether (sulfide) groups is 1. The number of ether oxygens (including phenoxy) is 3. The molecular weight excluding hydrogens is 693 g/mol. The summed E-state index contributed by atoms with van der Waals surface area (Å²) in [5.41, 5.74) is 4.92. The average Bonchev–Trinajstić information content (AvgIpc) is 3.67. The smallest absolute Gasteiger partial charge is 0.319 e. The number of anilines is 1. The van der Waals surface area contributed by atoms with Gasteiger partial charge in [0, 0.05) is 29.5 Å². The number of rotatable bonds is 12. The SMILES string of the molecule is C[C@H]1[C@@H](CSc2nnnn2-c2ccc(O)cc2)O[C@@H](c2ccc(CNC(=O)Nc3ccc(Oc4ccccc4)cc3)cc2)O[C@H]1c1ccc(CO)cc1. The van der Waals surface area contributed by atoms with Crippen LogP contribution in [-0.4, -0.2) is 48.3 Å². The Labute approximate surface area is 310 Å². The minimum atomic E-state index is -0.661. The highest BCUT2D eigenvalue weighted by atomic mass is 32.2. The third kappa shape index (κ3) is 9.02. The van der Waals surface area contributed by atoms with E-state index in [0.29, 0.717) is 28.9 Å². The second-order valence-corrected chi connectivity index (χ2v) is 13.5. The molecule has 0 saturated carbocycles. The number of nitrogens with zero attached hydrogens (tertiary/aromatic N) is 4. The van der Waals surface area contributed by atoms with Crippen LogP contribution in [0.25, 0.3) is 5.69 Å². The highest BCUT2D eigenvalue weighted by molar-refractivity contribution is 7.99. The maximum Gasteiger partial charge on any atom is 0.319 e. The lowest BCUT2D eigenvalue weighted by Gasteiger charge is -2.41. The first-order chi connectivity index (χ1) is 25.9. The van der Waals surface area contributed by atoms with Gasteiger partial charge in [0.05, 0.1) is 24.5 Å². The molecule has 0 spiro atoms. The van der Waals surface area contributed by atoms with E-state index in [1.165, 1.54) is 11.8 Å². The Kier molecular flexibility index (Phi) is 11.3. The van der Waals surface area contributed by atoms with Gasteiger partial charge in [0.15, 0.2) is 6.29 Å². The Morgan fingerprint density at radius 3 is 2.23 bits per heavy atom. The molecule has 6 aromatic rings. The summed E-state index contributed by atoms with van der Waals surface area (Å²) in [5, 5.41) is 37.9. The molecule has 12 nitrogen and oxygen atoms in total. The number of benzene rings is 5. The molecule has 0 bridgehead atoms. The van der Waals surface area contributed by atoms with Gasteiger partial charge in [-0.05, 0) is 87.8 Å².